The normalized spacial score (nSPS) is 10.9. The summed E-state index contributed by atoms with van der Waals surface area (Å²) >= 11 is 4.76. The summed E-state index contributed by atoms with van der Waals surface area (Å²) in [6.07, 6.45) is 0. The molecule has 0 aliphatic rings. The molecule has 3 nitrogen and oxygen atoms in total. The predicted molar refractivity (Wildman–Crippen MR) is 88.6 cm³/mol. The molecule has 5 heteroatoms. The van der Waals surface area contributed by atoms with E-state index in [9.17, 15) is 4.79 Å². The highest BCUT2D eigenvalue weighted by atomic mass is 79.9. The Labute approximate surface area is 136 Å². The maximum Gasteiger partial charge on any atom is 0.345 e. The lowest BCUT2D eigenvalue weighted by Crippen LogP contribution is -2.00. The van der Waals surface area contributed by atoms with Crippen LogP contribution in [-0.2, 0) is 6.61 Å². The van der Waals surface area contributed by atoms with Crippen molar-refractivity contribution in [1.29, 1.82) is 0 Å². The second-order valence-electron chi connectivity index (χ2n) is 5.12. The van der Waals surface area contributed by atoms with Crippen molar-refractivity contribution in [2.75, 3.05) is 0 Å². The van der Waals surface area contributed by atoms with Gasteiger partial charge in [0, 0.05) is 14.9 Å². The smallest absolute Gasteiger partial charge is 0.345 e. The Morgan fingerprint density at radius 1 is 1.38 bits per heavy atom. The van der Waals surface area contributed by atoms with Gasteiger partial charge in [0.2, 0.25) is 0 Å². The van der Waals surface area contributed by atoms with Gasteiger partial charge in [0.15, 0.2) is 0 Å². The first-order valence-electron chi connectivity index (χ1n) is 6.63. The minimum Gasteiger partial charge on any atom is -0.489 e. The molecule has 2 rings (SSSR count). The Morgan fingerprint density at radius 2 is 2.10 bits per heavy atom. The molecule has 1 aromatic carbocycles. The fourth-order valence-corrected chi connectivity index (χ4v) is 3.27. The van der Waals surface area contributed by atoms with Crippen molar-refractivity contribution in [2.45, 2.75) is 33.3 Å². The minimum atomic E-state index is -0.888. The van der Waals surface area contributed by atoms with E-state index < -0.39 is 5.97 Å². The van der Waals surface area contributed by atoms with Crippen LogP contribution in [0, 0.1) is 6.92 Å². The van der Waals surface area contributed by atoms with Crippen LogP contribution < -0.4 is 4.74 Å². The molecular formula is C16H17BrO3S. The predicted octanol–water partition coefficient (Wildman–Crippen LogP) is 5.22. The van der Waals surface area contributed by atoms with Gasteiger partial charge in [-0.1, -0.05) is 29.8 Å². The molecule has 0 bridgehead atoms. The summed E-state index contributed by atoms with van der Waals surface area (Å²) in [5.74, 6) is 0.312. The summed E-state index contributed by atoms with van der Waals surface area (Å²) in [4.78, 5) is 12.3. The first-order valence-corrected chi connectivity index (χ1v) is 8.24. The van der Waals surface area contributed by atoms with E-state index in [-0.39, 0.29) is 0 Å². The van der Waals surface area contributed by atoms with E-state index in [0.29, 0.717) is 17.4 Å². The van der Waals surface area contributed by atoms with Crippen LogP contribution >= 0.6 is 27.3 Å². The molecule has 2 aromatic rings. The molecule has 1 aromatic heterocycles. The number of carbonyl (C=O) groups is 1. The minimum absolute atomic E-state index is 0.353. The highest BCUT2D eigenvalue weighted by Crippen LogP contribution is 2.31. The second kappa shape index (κ2) is 6.62. The third-order valence-electron chi connectivity index (χ3n) is 3.21. The van der Waals surface area contributed by atoms with E-state index in [1.807, 2.05) is 19.1 Å². The van der Waals surface area contributed by atoms with Gasteiger partial charge in [-0.25, -0.2) is 4.79 Å². The van der Waals surface area contributed by atoms with Crippen molar-refractivity contribution in [2.24, 2.45) is 0 Å². The van der Waals surface area contributed by atoms with Crippen molar-refractivity contribution in [1.82, 2.24) is 0 Å². The Kier molecular flexibility index (Phi) is 5.06. The average Bonchev–Trinajstić information content (AvgIpc) is 2.79. The first-order chi connectivity index (χ1) is 9.88. The lowest BCUT2D eigenvalue weighted by Gasteiger charge is -2.14. The third kappa shape index (κ3) is 3.86. The van der Waals surface area contributed by atoms with Crippen molar-refractivity contribution in [3.63, 3.8) is 0 Å². The topological polar surface area (TPSA) is 46.5 Å². The first kappa shape index (κ1) is 16.0. The zero-order valence-corrected chi connectivity index (χ0v) is 14.5. The number of rotatable bonds is 5. The fourth-order valence-electron chi connectivity index (χ4n) is 2.03. The molecule has 0 saturated heterocycles. The molecule has 0 amide bonds. The summed E-state index contributed by atoms with van der Waals surface area (Å²) in [7, 11) is 0. The lowest BCUT2D eigenvalue weighted by molar-refractivity contribution is 0.0702. The monoisotopic (exact) mass is 368 g/mol. The molecular weight excluding hydrogens is 352 g/mol. The van der Waals surface area contributed by atoms with Gasteiger partial charge in [0.1, 0.15) is 17.2 Å². The van der Waals surface area contributed by atoms with Crippen LogP contribution in [0.15, 0.2) is 28.7 Å². The Balaban J connectivity index is 2.18. The number of benzene rings is 1. The van der Waals surface area contributed by atoms with Gasteiger partial charge in [-0.05, 0) is 42.7 Å². The van der Waals surface area contributed by atoms with Crippen LogP contribution in [0.1, 0.15) is 45.4 Å². The quantitative estimate of drug-likeness (QED) is 0.786. The summed E-state index contributed by atoms with van der Waals surface area (Å²) in [6.45, 7) is 6.54. The number of carboxylic acids is 1. The number of hydrogen-bond donors (Lipinski definition) is 1. The standard InChI is InChI=1S/C16H17BrO3S/c1-9(2)13-7-12(17)4-5-14(13)20-8-11-6-15(16(18)19)21-10(11)3/h4-7,9H,8H2,1-3H3,(H,18,19). The molecule has 0 radical (unpaired) electrons. The summed E-state index contributed by atoms with van der Waals surface area (Å²) in [5, 5.41) is 9.02. The number of carboxylic acid groups (broad SMARTS) is 1. The average molecular weight is 369 g/mol. The van der Waals surface area contributed by atoms with Crippen molar-refractivity contribution < 1.29 is 14.6 Å². The van der Waals surface area contributed by atoms with Crippen molar-refractivity contribution in [3.05, 3.63) is 49.6 Å². The van der Waals surface area contributed by atoms with Gasteiger partial charge in [-0.2, -0.15) is 0 Å². The number of aryl methyl sites for hydroxylation is 1. The molecule has 0 unspecified atom stereocenters. The second-order valence-corrected chi connectivity index (χ2v) is 7.29. The van der Waals surface area contributed by atoms with Crippen LogP contribution in [0.5, 0.6) is 5.75 Å². The maximum absolute atomic E-state index is 11.0. The molecule has 21 heavy (non-hydrogen) atoms. The van der Waals surface area contributed by atoms with E-state index in [2.05, 4.69) is 35.8 Å². The van der Waals surface area contributed by atoms with Gasteiger partial charge in [0.25, 0.3) is 0 Å². The number of hydrogen-bond acceptors (Lipinski definition) is 3. The van der Waals surface area contributed by atoms with Crippen LogP contribution in [0.25, 0.3) is 0 Å². The highest BCUT2D eigenvalue weighted by molar-refractivity contribution is 9.10. The molecule has 0 aliphatic heterocycles. The largest absolute Gasteiger partial charge is 0.489 e. The van der Waals surface area contributed by atoms with E-state index >= 15 is 0 Å². The van der Waals surface area contributed by atoms with Crippen LogP contribution in [0.4, 0.5) is 0 Å². The Hall–Kier alpha value is -1.33. The van der Waals surface area contributed by atoms with Gasteiger partial charge in [-0.3, -0.25) is 0 Å². The SMILES string of the molecule is Cc1sc(C(=O)O)cc1COc1ccc(Br)cc1C(C)C. The lowest BCUT2D eigenvalue weighted by atomic mass is 10.0. The molecule has 1 N–H and O–H groups in total. The van der Waals surface area contributed by atoms with Crippen molar-refractivity contribution in [3.8, 4) is 5.75 Å². The van der Waals surface area contributed by atoms with E-state index in [0.717, 1.165) is 26.2 Å². The van der Waals surface area contributed by atoms with Crippen LogP contribution in [-0.4, -0.2) is 11.1 Å². The molecule has 0 saturated carbocycles. The van der Waals surface area contributed by atoms with Gasteiger partial charge < -0.3 is 9.84 Å². The number of aromatic carboxylic acids is 1. The van der Waals surface area contributed by atoms with Gasteiger partial charge in [0.05, 0.1) is 0 Å². The third-order valence-corrected chi connectivity index (χ3v) is 4.78. The summed E-state index contributed by atoms with van der Waals surface area (Å²) in [5.41, 5.74) is 2.06. The number of thiophene rings is 1. The molecule has 112 valence electrons. The van der Waals surface area contributed by atoms with E-state index in [1.54, 1.807) is 6.07 Å². The molecule has 1 heterocycles. The Bertz CT molecular complexity index is 662. The zero-order chi connectivity index (χ0) is 15.6. The highest BCUT2D eigenvalue weighted by Gasteiger charge is 2.13. The number of ether oxygens (including phenoxy) is 1. The fraction of sp³-hybridized carbons (Fsp3) is 0.312. The van der Waals surface area contributed by atoms with E-state index in [4.69, 9.17) is 9.84 Å². The number of halogens is 1. The zero-order valence-electron chi connectivity index (χ0n) is 12.1. The summed E-state index contributed by atoms with van der Waals surface area (Å²) in [6, 6.07) is 7.64. The molecule has 0 atom stereocenters. The Morgan fingerprint density at radius 3 is 2.67 bits per heavy atom. The van der Waals surface area contributed by atoms with Crippen LogP contribution in [0.2, 0.25) is 0 Å². The molecule has 0 fully saturated rings. The maximum atomic E-state index is 11.0. The van der Waals surface area contributed by atoms with Gasteiger partial charge >= 0.3 is 5.97 Å². The summed E-state index contributed by atoms with van der Waals surface area (Å²) < 4.78 is 6.93. The molecule has 0 spiro atoms. The van der Waals surface area contributed by atoms with E-state index in [1.165, 1.54) is 11.3 Å². The van der Waals surface area contributed by atoms with Crippen molar-refractivity contribution >= 4 is 33.2 Å². The molecule has 0 aliphatic carbocycles. The van der Waals surface area contributed by atoms with Crippen LogP contribution in [0.3, 0.4) is 0 Å². The van der Waals surface area contributed by atoms with Gasteiger partial charge in [-0.15, -0.1) is 11.3 Å².